The van der Waals surface area contributed by atoms with Gasteiger partial charge in [-0.3, -0.25) is 4.68 Å². The Bertz CT molecular complexity index is 887. The van der Waals surface area contributed by atoms with Crippen molar-refractivity contribution in [3.8, 4) is 0 Å². The molecule has 0 saturated carbocycles. The molecule has 0 radical (unpaired) electrons. The van der Waals surface area contributed by atoms with Crippen LogP contribution in [0.15, 0.2) is 35.4 Å². The molecule has 1 saturated heterocycles. The van der Waals surface area contributed by atoms with Crippen molar-refractivity contribution in [3.05, 3.63) is 47.2 Å². The highest BCUT2D eigenvalue weighted by molar-refractivity contribution is 7.89. The number of aromatic nitrogens is 2. The number of benzene rings is 1. The molecule has 1 aliphatic rings. The summed E-state index contributed by atoms with van der Waals surface area (Å²) < 4.78 is 28.8. The number of aryl methyl sites for hydroxylation is 2. The van der Waals surface area contributed by atoms with E-state index in [0.717, 1.165) is 18.4 Å². The Balaban J connectivity index is 1.83. The zero-order chi connectivity index (χ0) is 18.2. The van der Waals surface area contributed by atoms with Gasteiger partial charge in [-0.15, -0.1) is 0 Å². The summed E-state index contributed by atoms with van der Waals surface area (Å²) in [7, 11) is -1.96. The Morgan fingerprint density at radius 1 is 1.28 bits per heavy atom. The monoisotopic (exact) mass is 363 g/mol. The van der Waals surface area contributed by atoms with Crippen molar-refractivity contribution in [1.29, 1.82) is 0 Å². The Morgan fingerprint density at radius 3 is 2.52 bits per heavy atom. The highest BCUT2D eigenvalue weighted by Gasteiger charge is 2.33. The molecule has 2 heterocycles. The molecule has 2 aromatic rings. The molecule has 1 aromatic heterocycles. The molecule has 1 aromatic carbocycles. The zero-order valence-electron chi connectivity index (χ0n) is 14.2. The van der Waals surface area contributed by atoms with Crippen LogP contribution in [0.1, 0.15) is 40.4 Å². The van der Waals surface area contributed by atoms with E-state index in [2.05, 4.69) is 5.10 Å². The first-order chi connectivity index (χ1) is 11.8. The van der Waals surface area contributed by atoms with Crippen LogP contribution >= 0.6 is 0 Å². The van der Waals surface area contributed by atoms with E-state index >= 15 is 0 Å². The van der Waals surface area contributed by atoms with Crippen molar-refractivity contribution >= 4 is 16.0 Å². The number of carboxylic acid groups (broad SMARTS) is 1. The van der Waals surface area contributed by atoms with Crippen molar-refractivity contribution < 1.29 is 18.3 Å². The lowest BCUT2D eigenvalue weighted by Crippen LogP contribution is -2.39. The number of hydrogen-bond donors (Lipinski definition) is 1. The second-order valence-electron chi connectivity index (χ2n) is 6.38. The van der Waals surface area contributed by atoms with E-state index in [1.807, 2.05) is 0 Å². The van der Waals surface area contributed by atoms with E-state index in [1.165, 1.54) is 8.99 Å². The third kappa shape index (κ3) is 3.45. The van der Waals surface area contributed by atoms with Crippen LogP contribution < -0.4 is 0 Å². The van der Waals surface area contributed by atoms with E-state index in [-0.39, 0.29) is 16.5 Å². The number of carboxylic acids is 1. The molecule has 3 rings (SSSR count). The summed E-state index contributed by atoms with van der Waals surface area (Å²) in [5, 5.41) is 13.3. The topological polar surface area (TPSA) is 92.5 Å². The molecule has 1 N–H and O–H groups in total. The largest absolute Gasteiger partial charge is 0.478 e. The van der Waals surface area contributed by atoms with Crippen molar-refractivity contribution in [2.24, 2.45) is 7.05 Å². The maximum atomic E-state index is 12.9. The predicted molar refractivity (Wildman–Crippen MR) is 92.1 cm³/mol. The molecular weight excluding hydrogens is 342 g/mol. The van der Waals surface area contributed by atoms with Gasteiger partial charge in [-0.25, -0.2) is 13.2 Å². The number of aromatic carboxylic acids is 1. The zero-order valence-corrected chi connectivity index (χ0v) is 15.0. The van der Waals surface area contributed by atoms with E-state index in [1.54, 1.807) is 44.3 Å². The molecule has 134 valence electrons. The molecule has 25 heavy (non-hydrogen) atoms. The second kappa shape index (κ2) is 6.61. The summed E-state index contributed by atoms with van der Waals surface area (Å²) in [4.78, 5) is 11.0. The summed E-state index contributed by atoms with van der Waals surface area (Å²) in [5.41, 5.74) is 1.86. The standard InChI is InChI=1S/C17H21N3O4S/c1-12-10-16(19(2)18-12)25(23,24)20-9-3-4-15(11-20)13-5-7-14(8-6-13)17(21)22/h5-8,10,15H,3-4,9,11H2,1-2H3,(H,21,22). The number of hydrogen-bond acceptors (Lipinski definition) is 4. The quantitative estimate of drug-likeness (QED) is 0.897. The minimum Gasteiger partial charge on any atom is -0.478 e. The summed E-state index contributed by atoms with van der Waals surface area (Å²) in [5.74, 6) is -0.910. The Morgan fingerprint density at radius 2 is 1.96 bits per heavy atom. The molecule has 0 aliphatic carbocycles. The Hall–Kier alpha value is -2.19. The summed E-state index contributed by atoms with van der Waals surface area (Å²) in [6.07, 6.45) is 1.64. The lowest BCUT2D eigenvalue weighted by atomic mass is 9.91. The Kier molecular flexibility index (Phi) is 4.66. The van der Waals surface area contributed by atoms with Gasteiger partial charge in [0, 0.05) is 20.1 Å². The third-order valence-corrected chi connectivity index (χ3v) is 6.50. The smallest absolute Gasteiger partial charge is 0.335 e. The maximum absolute atomic E-state index is 12.9. The van der Waals surface area contributed by atoms with Gasteiger partial charge in [0.2, 0.25) is 0 Å². The number of nitrogens with zero attached hydrogens (tertiary/aromatic N) is 3. The van der Waals surface area contributed by atoms with Gasteiger partial charge in [0.15, 0.2) is 5.03 Å². The molecule has 1 unspecified atom stereocenters. The van der Waals surface area contributed by atoms with Crippen molar-refractivity contribution in [3.63, 3.8) is 0 Å². The fraction of sp³-hybridized carbons (Fsp3) is 0.412. The van der Waals surface area contributed by atoms with Gasteiger partial charge in [-0.1, -0.05) is 12.1 Å². The van der Waals surface area contributed by atoms with Crippen molar-refractivity contribution in [1.82, 2.24) is 14.1 Å². The molecule has 1 aliphatic heterocycles. The van der Waals surface area contributed by atoms with Crippen LogP contribution in [0.4, 0.5) is 0 Å². The first-order valence-corrected chi connectivity index (χ1v) is 9.57. The summed E-state index contributed by atoms with van der Waals surface area (Å²) >= 11 is 0. The first kappa shape index (κ1) is 17.6. The van der Waals surface area contributed by atoms with E-state index in [0.29, 0.717) is 18.8 Å². The molecule has 0 amide bonds. The Labute approximate surface area is 146 Å². The second-order valence-corrected chi connectivity index (χ2v) is 8.26. The fourth-order valence-corrected chi connectivity index (χ4v) is 5.00. The normalized spacial score (nSPS) is 19.0. The molecule has 7 nitrogen and oxygen atoms in total. The lowest BCUT2D eigenvalue weighted by Gasteiger charge is -2.32. The fourth-order valence-electron chi connectivity index (χ4n) is 3.29. The maximum Gasteiger partial charge on any atom is 0.335 e. The highest BCUT2D eigenvalue weighted by atomic mass is 32.2. The summed E-state index contributed by atoms with van der Waals surface area (Å²) in [6, 6.07) is 8.27. The third-order valence-electron chi connectivity index (χ3n) is 4.58. The molecule has 0 bridgehead atoms. The SMILES string of the molecule is Cc1cc(S(=O)(=O)N2CCCC(c3ccc(C(=O)O)cc3)C2)n(C)n1. The van der Waals surface area contributed by atoms with Crippen LogP contribution in [0.5, 0.6) is 0 Å². The average molecular weight is 363 g/mol. The van der Waals surface area contributed by atoms with Crippen LogP contribution in [0.3, 0.4) is 0 Å². The van der Waals surface area contributed by atoms with Gasteiger partial charge in [0.05, 0.1) is 11.3 Å². The first-order valence-electron chi connectivity index (χ1n) is 8.13. The number of piperidine rings is 1. The molecular formula is C17H21N3O4S. The minimum atomic E-state index is -3.59. The number of sulfonamides is 1. The van der Waals surface area contributed by atoms with E-state index < -0.39 is 16.0 Å². The van der Waals surface area contributed by atoms with Crippen LogP contribution in [0.2, 0.25) is 0 Å². The van der Waals surface area contributed by atoms with Crippen molar-refractivity contribution in [2.75, 3.05) is 13.1 Å². The van der Waals surface area contributed by atoms with Crippen molar-refractivity contribution in [2.45, 2.75) is 30.7 Å². The van der Waals surface area contributed by atoms with E-state index in [4.69, 9.17) is 5.11 Å². The van der Waals surface area contributed by atoms with Gasteiger partial charge < -0.3 is 5.11 Å². The summed E-state index contributed by atoms with van der Waals surface area (Å²) in [6.45, 7) is 2.64. The van der Waals surface area contributed by atoms with Gasteiger partial charge >= 0.3 is 5.97 Å². The van der Waals surface area contributed by atoms with Gasteiger partial charge in [0.1, 0.15) is 0 Å². The lowest BCUT2D eigenvalue weighted by molar-refractivity contribution is 0.0697. The van der Waals surface area contributed by atoms with Gasteiger partial charge in [-0.05, 0) is 49.4 Å². The van der Waals surface area contributed by atoms with Gasteiger partial charge in [-0.2, -0.15) is 9.40 Å². The van der Waals surface area contributed by atoms with Crippen LogP contribution in [-0.2, 0) is 17.1 Å². The highest BCUT2D eigenvalue weighted by Crippen LogP contribution is 2.30. The van der Waals surface area contributed by atoms with Gasteiger partial charge in [0.25, 0.3) is 10.0 Å². The molecule has 8 heteroatoms. The average Bonchev–Trinajstić information content (AvgIpc) is 2.94. The van der Waals surface area contributed by atoms with Crippen LogP contribution in [0, 0.1) is 6.92 Å². The molecule has 0 spiro atoms. The predicted octanol–water partition coefficient (Wildman–Crippen LogP) is 2.00. The van der Waals surface area contributed by atoms with Crippen LogP contribution in [0.25, 0.3) is 0 Å². The van der Waals surface area contributed by atoms with Crippen LogP contribution in [-0.4, -0.2) is 46.7 Å². The minimum absolute atomic E-state index is 0.0562. The van der Waals surface area contributed by atoms with E-state index in [9.17, 15) is 13.2 Å². The molecule has 1 fully saturated rings. The molecule has 1 atom stereocenters. The number of rotatable bonds is 4. The number of carbonyl (C=O) groups is 1.